The molecule has 1 aromatic carbocycles. The van der Waals surface area contributed by atoms with Gasteiger partial charge in [-0.2, -0.15) is 0 Å². The summed E-state index contributed by atoms with van der Waals surface area (Å²) < 4.78 is 27.1. The van der Waals surface area contributed by atoms with Gasteiger partial charge in [0.05, 0.1) is 16.9 Å². The summed E-state index contributed by atoms with van der Waals surface area (Å²) >= 11 is 0. The lowest BCUT2D eigenvalue weighted by Gasteiger charge is -2.26. The molecule has 1 saturated carbocycles. The fraction of sp³-hybridized carbons (Fsp3) is 0.529. The Morgan fingerprint density at radius 3 is 2.16 bits per heavy atom. The number of imide groups is 1. The minimum absolute atomic E-state index is 0.0656. The van der Waals surface area contributed by atoms with Crippen molar-refractivity contribution in [3.8, 4) is 0 Å². The molecule has 0 spiro atoms. The molecular weight excluding hydrogens is 342 g/mol. The topological polar surface area (TPSA) is 110 Å². The maximum absolute atomic E-state index is 12.2. The van der Waals surface area contributed by atoms with Crippen LogP contribution < -0.4 is 10.5 Å². The molecular formula is C17H23N3O4S. The van der Waals surface area contributed by atoms with Crippen molar-refractivity contribution in [1.82, 2.24) is 9.62 Å². The van der Waals surface area contributed by atoms with E-state index in [9.17, 15) is 18.0 Å². The van der Waals surface area contributed by atoms with Gasteiger partial charge in [-0.1, -0.05) is 12.1 Å². The first kappa shape index (κ1) is 18.0. The molecule has 0 aromatic heterocycles. The van der Waals surface area contributed by atoms with Crippen LogP contribution in [0.5, 0.6) is 0 Å². The highest BCUT2D eigenvalue weighted by Gasteiger charge is 2.34. The second-order valence-corrected chi connectivity index (χ2v) is 8.58. The van der Waals surface area contributed by atoms with Crippen molar-refractivity contribution in [1.29, 1.82) is 0 Å². The minimum atomic E-state index is -3.43. The average molecular weight is 365 g/mol. The van der Waals surface area contributed by atoms with Crippen LogP contribution in [0.3, 0.4) is 0 Å². The third-order valence-corrected chi connectivity index (χ3v) is 6.31. The average Bonchev–Trinajstić information content (AvgIpc) is 2.82. The third kappa shape index (κ3) is 4.08. The normalized spacial score (nSPS) is 23.8. The number of carbonyl (C=O) groups is 2. The first-order chi connectivity index (χ1) is 11.9. The number of fused-ring (bicyclic) bond motifs is 1. The Hall–Kier alpha value is -1.77. The predicted molar refractivity (Wildman–Crippen MR) is 93.6 cm³/mol. The van der Waals surface area contributed by atoms with Crippen LogP contribution in [0.15, 0.2) is 24.3 Å². The number of nitrogens with two attached hydrogens (primary N) is 1. The number of carbonyl (C=O) groups excluding carboxylic acids is 2. The van der Waals surface area contributed by atoms with Crippen LogP contribution in [0, 0.1) is 0 Å². The number of nitrogens with one attached hydrogen (secondary N) is 1. The Bertz CT molecular complexity index is 735. The Balaban J connectivity index is 1.51. The molecule has 0 unspecified atom stereocenters. The van der Waals surface area contributed by atoms with E-state index in [2.05, 4.69) is 4.72 Å². The van der Waals surface area contributed by atoms with E-state index >= 15 is 0 Å². The fourth-order valence-corrected chi connectivity index (χ4v) is 4.78. The molecule has 1 heterocycles. The third-order valence-electron chi connectivity index (χ3n) is 4.79. The quantitative estimate of drug-likeness (QED) is 0.727. The first-order valence-corrected chi connectivity index (χ1v) is 10.2. The van der Waals surface area contributed by atoms with Crippen LogP contribution in [0.1, 0.15) is 52.8 Å². The largest absolute Gasteiger partial charge is 0.328 e. The zero-order valence-corrected chi connectivity index (χ0v) is 14.8. The molecule has 3 N–H and O–H groups in total. The molecule has 25 heavy (non-hydrogen) atoms. The lowest BCUT2D eigenvalue weighted by Crippen LogP contribution is -2.41. The molecule has 136 valence electrons. The van der Waals surface area contributed by atoms with Gasteiger partial charge in [0.25, 0.3) is 11.8 Å². The van der Waals surface area contributed by atoms with Gasteiger partial charge in [0.2, 0.25) is 10.0 Å². The number of rotatable bonds is 6. The SMILES string of the molecule is NC1CCC(NS(=O)(=O)CCCN2C(=O)c3ccccc3C2=O)CC1. The highest BCUT2D eigenvalue weighted by Crippen LogP contribution is 2.22. The standard InChI is InChI=1S/C17H23N3O4S/c18-12-6-8-13(9-7-12)19-25(23,24)11-3-10-20-16(21)14-4-1-2-5-15(14)17(20)22/h1-2,4-5,12-13,19H,3,6-11,18H2. The molecule has 0 bridgehead atoms. The highest BCUT2D eigenvalue weighted by atomic mass is 32.2. The molecule has 2 aliphatic rings. The maximum atomic E-state index is 12.2. The second-order valence-electron chi connectivity index (χ2n) is 6.71. The summed E-state index contributed by atoms with van der Waals surface area (Å²) in [5.74, 6) is -0.817. The van der Waals surface area contributed by atoms with E-state index in [0.29, 0.717) is 11.1 Å². The summed E-state index contributed by atoms with van der Waals surface area (Å²) in [6.07, 6.45) is 3.36. The predicted octanol–water partition coefficient (Wildman–Crippen LogP) is 0.862. The van der Waals surface area contributed by atoms with Crippen molar-refractivity contribution in [3.05, 3.63) is 35.4 Å². The van der Waals surface area contributed by atoms with Gasteiger partial charge in [-0.3, -0.25) is 14.5 Å². The molecule has 7 nitrogen and oxygen atoms in total. The van der Waals surface area contributed by atoms with Crippen LogP contribution in [-0.2, 0) is 10.0 Å². The van der Waals surface area contributed by atoms with Gasteiger partial charge in [0.1, 0.15) is 0 Å². The molecule has 1 aromatic rings. The second kappa shape index (κ2) is 7.23. The van der Waals surface area contributed by atoms with Gasteiger partial charge in [-0.25, -0.2) is 13.1 Å². The van der Waals surface area contributed by atoms with Gasteiger partial charge in [-0.15, -0.1) is 0 Å². The number of amides is 2. The number of benzene rings is 1. The van der Waals surface area contributed by atoms with Gasteiger partial charge in [-0.05, 0) is 44.2 Å². The molecule has 0 radical (unpaired) electrons. The number of hydrogen-bond donors (Lipinski definition) is 2. The van der Waals surface area contributed by atoms with Crippen LogP contribution in [-0.4, -0.2) is 49.5 Å². The minimum Gasteiger partial charge on any atom is -0.328 e. The zero-order chi connectivity index (χ0) is 18.0. The van der Waals surface area contributed by atoms with E-state index < -0.39 is 10.0 Å². The zero-order valence-electron chi connectivity index (χ0n) is 14.0. The molecule has 1 aliphatic heterocycles. The van der Waals surface area contributed by atoms with E-state index in [1.165, 1.54) is 0 Å². The first-order valence-electron chi connectivity index (χ1n) is 8.58. The van der Waals surface area contributed by atoms with Crippen LogP contribution >= 0.6 is 0 Å². The van der Waals surface area contributed by atoms with E-state index in [-0.39, 0.29) is 42.6 Å². The lowest BCUT2D eigenvalue weighted by molar-refractivity contribution is 0.0654. The van der Waals surface area contributed by atoms with Gasteiger partial charge in [0.15, 0.2) is 0 Å². The fourth-order valence-electron chi connectivity index (χ4n) is 3.40. The van der Waals surface area contributed by atoms with Crippen molar-refractivity contribution in [3.63, 3.8) is 0 Å². The van der Waals surface area contributed by atoms with Crippen molar-refractivity contribution in [2.24, 2.45) is 5.73 Å². The monoisotopic (exact) mass is 365 g/mol. The summed E-state index contributed by atoms with van der Waals surface area (Å²) in [6, 6.07) is 6.73. The van der Waals surface area contributed by atoms with E-state index in [0.717, 1.165) is 30.6 Å². The molecule has 1 fully saturated rings. The summed E-state index contributed by atoms with van der Waals surface area (Å²) in [5, 5.41) is 0. The van der Waals surface area contributed by atoms with Gasteiger partial charge in [0, 0.05) is 18.6 Å². The molecule has 8 heteroatoms. The van der Waals surface area contributed by atoms with E-state index in [1.54, 1.807) is 24.3 Å². The summed E-state index contributed by atoms with van der Waals surface area (Å²) in [4.78, 5) is 25.6. The van der Waals surface area contributed by atoms with Crippen molar-refractivity contribution in [2.75, 3.05) is 12.3 Å². The smallest absolute Gasteiger partial charge is 0.261 e. The number of hydrogen-bond acceptors (Lipinski definition) is 5. The molecule has 0 saturated heterocycles. The summed E-state index contributed by atoms with van der Waals surface area (Å²) in [7, 11) is -3.43. The van der Waals surface area contributed by atoms with Crippen LogP contribution in [0.4, 0.5) is 0 Å². The Kier molecular flexibility index (Phi) is 5.21. The molecule has 0 atom stereocenters. The summed E-state index contributed by atoms with van der Waals surface area (Å²) in [6.45, 7) is 0.1000. The molecule has 3 rings (SSSR count). The maximum Gasteiger partial charge on any atom is 0.261 e. The molecule has 1 aliphatic carbocycles. The summed E-state index contributed by atoms with van der Waals surface area (Å²) in [5.41, 5.74) is 6.59. The van der Waals surface area contributed by atoms with Crippen LogP contribution in [0.2, 0.25) is 0 Å². The lowest BCUT2D eigenvalue weighted by atomic mass is 9.93. The van der Waals surface area contributed by atoms with Gasteiger partial charge < -0.3 is 5.73 Å². The highest BCUT2D eigenvalue weighted by molar-refractivity contribution is 7.89. The Morgan fingerprint density at radius 1 is 1.04 bits per heavy atom. The van der Waals surface area contributed by atoms with Crippen molar-refractivity contribution < 1.29 is 18.0 Å². The Labute approximate surface area is 147 Å². The number of nitrogens with zero attached hydrogens (tertiary/aromatic N) is 1. The van der Waals surface area contributed by atoms with Crippen molar-refractivity contribution >= 4 is 21.8 Å². The number of sulfonamides is 1. The van der Waals surface area contributed by atoms with E-state index in [1.807, 2.05) is 0 Å². The van der Waals surface area contributed by atoms with Crippen molar-refractivity contribution in [2.45, 2.75) is 44.2 Å². The van der Waals surface area contributed by atoms with Gasteiger partial charge >= 0.3 is 0 Å². The molecule has 2 amide bonds. The van der Waals surface area contributed by atoms with E-state index in [4.69, 9.17) is 5.73 Å². The van der Waals surface area contributed by atoms with Crippen LogP contribution in [0.25, 0.3) is 0 Å². The Morgan fingerprint density at radius 2 is 1.60 bits per heavy atom.